The number of methoxy groups -OCH3 is 1. The highest BCUT2D eigenvalue weighted by molar-refractivity contribution is 5.85. The van der Waals surface area contributed by atoms with E-state index in [0.29, 0.717) is 28.9 Å². The predicted octanol–water partition coefficient (Wildman–Crippen LogP) is 3.93. The van der Waals surface area contributed by atoms with Crippen molar-refractivity contribution in [2.45, 2.75) is 46.6 Å². The lowest BCUT2D eigenvalue weighted by Crippen LogP contribution is -2.34. The molecule has 0 amide bonds. The molecule has 30 heavy (non-hydrogen) atoms. The second-order valence-electron chi connectivity index (χ2n) is 8.38. The van der Waals surface area contributed by atoms with E-state index in [0.717, 1.165) is 18.6 Å². The van der Waals surface area contributed by atoms with Gasteiger partial charge in [-0.1, -0.05) is 39.8 Å². The van der Waals surface area contributed by atoms with Crippen molar-refractivity contribution < 1.29 is 14.3 Å². The van der Waals surface area contributed by atoms with Gasteiger partial charge in [0.1, 0.15) is 11.8 Å². The van der Waals surface area contributed by atoms with E-state index in [1.807, 2.05) is 24.3 Å². The number of nitrogens with zero attached hydrogens (tertiary/aromatic N) is 4. The average Bonchev–Trinajstić information content (AvgIpc) is 2.67. The summed E-state index contributed by atoms with van der Waals surface area (Å²) in [5.41, 5.74) is 1.71. The molecule has 2 atom stereocenters. The minimum atomic E-state index is -1.17. The number of nitriles is 1. The summed E-state index contributed by atoms with van der Waals surface area (Å²) in [5.74, 6) is -0.489. The van der Waals surface area contributed by atoms with Gasteiger partial charge < -0.3 is 14.4 Å². The Bertz CT molecular complexity index is 882. The zero-order valence-electron chi connectivity index (χ0n) is 18.8. The van der Waals surface area contributed by atoms with Gasteiger partial charge in [-0.25, -0.2) is 9.97 Å². The van der Waals surface area contributed by atoms with Crippen LogP contribution in [0.2, 0.25) is 0 Å². The van der Waals surface area contributed by atoms with Gasteiger partial charge in [0.05, 0.1) is 23.7 Å². The fourth-order valence-electron chi connectivity index (χ4n) is 3.32. The topological polar surface area (TPSA) is 88.3 Å². The number of aromatic nitrogens is 2. The van der Waals surface area contributed by atoms with Crippen LogP contribution in [0.3, 0.4) is 0 Å². The molecule has 0 aliphatic rings. The van der Waals surface area contributed by atoms with Gasteiger partial charge in [0.15, 0.2) is 11.7 Å². The lowest BCUT2D eigenvalue weighted by molar-refractivity contribution is -0.150. The van der Waals surface area contributed by atoms with Gasteiger partial charge in [-0.3, -0.25) is 4.79 Å². The van der Waals surface area contributed by atoms with E-state index in [4.69, 9.17) is 19.4 Å². The fraction of sp³-hybridized carbons (Fsp3) is 0.565. The zero-order chi connectivity index (χ0) is 22.3. The number of para-hydroxylation sites is 2. The first kappa shape index (κ1) is 23.6. The molecule has 0 aliphatic heterocycles. The lowest BCUT2D eigenvalue weighted by Gasteiger charge is -2.29. The number of ether oxygens (including phenoxy) is 2. The Morgan fingerprint density at radius 3 is 2.13 bits per heavy atom. The molecule has 1 heterocycles. The van der Waals surface area contributed by atoms with Crippen molar-refractivity contribution in [2.24, 2.45) is 11.8 Å². The molecule has 0 saturated heterocycles. The third-order valence-corrected chi connectivity index (χ3v) is 4.41. The smallest absolute Gasteiger partial charge is 0.330 e. The number of fused-ring (bicyclic) bond motifs is 1. The molecule has 2 aromatic rings. The van der Waals surface area contributed by atoms with Crippen LogP contribution in [0.15, 0.2) is 24.3 Å². The summed E-state index contributed by atoms with van der Waals surface area (Å²) in [5, 5.41) is 9.87. The number of hydrogen-bond donors (Lipinski definition) is 0. The summed E-state index contributed by atoms with van der Waals surface area (Å²) < 4.78 is 10.5. The number of anilines is 1. The molecule has 7 nitrogen and oxygen atoms in total. The Morgan fingerprint density at radius 2 is 1.63 bits per heavy atom. The van der Waals surface area contributed by atoms with Crippen LogP contribution in [-0.4, -0.2) is 48.8 Å². The number of hydrogen-bond acceptors (Lipinski definition) is 7. The minimum Gasteiger partial charge on any atom is -0.459 e. The Labute approximate surface area is 179 Å². The average molecular weight is 413 g/mol. The second kappa shape index (κ2) is 10.9. The van der Waals surface area contributed by atoms with Crippen LogP contribution in [0.1, 0.15) is 46.2 Å². The number of carbonyl (C=O) groups excluding carboxylic acids is 1. The molecule has 0 N–H and O–H groups in total. The van der Waals surface area contributed by atoms with Crippen molar-refractivity contribution in [1.82, 2.24) is 9.97 Å². The van der Waals surface area contributed by atoms with Gasteiger partial charge in [-0.15, -0.1) is 0 Å². The molecular weight excluding hydrogens is 380 g/mol. The highest BCUT2D eigenvalue weighted by Crippen LogP contribution is 2.29. The minimum absolute atomic E-state index is 0.257. The molecule has 0 spiro atoms. The van der Waals surface area contributed by atoms with Crippen LogP contribution in [0.25, 0.3) is 11.0 Å². The van der Waals surface area contributed by atoms with E-state index in [-0.39, 0.29) is 6.61 Å². The van der Waals surface area contributed by atoms with Gasteiger partial charge in [-0.2, -0.15) is 5.26 Å². The lowest BCUT2D eigenvalue weighted by atomic mass is 10.0. The Kier molecular flexibility index (Phi) is 8.55. The summed E-state index contributed by atoms with van der Waals surface area (Å²) in [7, 11) is 1.54. The predicted molar refractivity (Wildman–Crippen MR) is 117 cm³/mol. The Balaban J connectivity index is 2.58. The molecule has 2 rings (SSSR count). The highest BCUT2D eigenvalue weighted by atomic mass is 16.6. The molecule has 0 saturated carbocycles. The third kappa shape index (κ3) is 6.14. The normalized spacial score (nSPS) is 13.3. The number of esters is 1. The molecule has 0 radical (unpaired) electrons. The monoisotopic (exact) mass is 412 g/mol. The molecular formula is C23H32N4O3. The number of rotatable bonds is 10. The summed E-state index contributed by atoms with van der Waals surface area (Å²) in [6.07, 6.45) is -0.461. The van der Waals surface area contributed by atoms with Gasteiger partial charge >= 0.3 is 5.97 Å². The van der Waals surface area contributed by atoms with Crippen molar-refractivity contribution in [2.75, 3.05) is 31.7 Å². The molecule has 0 bridgehead atoms. The standard InChI is InChI=1S/C23H32N4O3/c1-15(2)12-27(13-16(3)4)22-21(25-19-9-7-8-10-20(19)26-22)18(11-24)23(28)30-17(5)14-29-6/h7-10,15-18H,12-14H2,1-6H3/t17-,18-/m1/s1. The summed E-state index contributed by atoms with van der Waals surface area (Å²) in [6.45, 7) is 12.0. The van der Waals surface area contributed by atoms with E-state index >= 15 is 0 Å². The van der Waals surface area contributed by atoms with Crippen LogP contribution < -0.4 is 4.90 Å². The molecule has 7 heteroatoms. The highest BCUT2D eigenvalue weighted by Gasteiger charge is 2.31. The third-order valence-electron chi connectivity index (χ3n) is 4.41. The van der Waals surface area contributed by atoms with E-state index in [9.17, 15) is 10.1 Å². The second-order valence-corrected chi connectivity index (χ2v) is 8.38. The molecule has 1 aromatic carbocycles. The van der Waals surface area contributed by atoms with Crippen LogP contribution in [-0.2, 0) is 14.3 Å². The van der Waals surface area contributed by atoms with Crippen molar-refractivity contribution >= 4 is 22.8 Å². The van der Waals surface area contributed by atoms with E-state index in [2.05, 4.69) is 38.7 Å². The van der Waals surface area contributed by atoms with Gasteiger partial charge in [-0.05, 0) is 30.9 Å². The van der Waals surface area contributed by atoms with Gasteiger partial charge in [0.2, 0.25) is 0 Å². The molecule has 1 aromatic heterocycles. The number of benzene rings is 1. The molecule has 0 fully saturated rings. The first-order chi connectivity index (χ1) is 14.3. The van der Waals surface area contributed by atoms with Crippen molar-refractivity contribution in [3.05, 3.63) is 30.0 Å². The van der Waals surface area contributed by atoms with Crippen LogP contribution >= 0.6 is 0 Å². The van der Waals surface area contributed by atoms with Gasteiger partial charge in [0, 0.05) is 20.2 Å². The van der Waals surface area contributed by atoms with Crippen molar-refractivity contribution in [1.29, 1.82) is 5.26 Å². The van der Waals surface area contributed by atoms with E-state index < -0.39 is 18.0 Å². The zero-order valence-corrected chi connectivity index (χ0v) is 18.8. The van der Waals surface area contributed by atoms with Gasteiger partial charge in [0.25, 0.3) is 0 Å². The quantitative estimate of drug-likeness (QED) is 0.546. The van der Waals surface area contributed by atoms with Crippen molar-refractivity contribution in [3.63, 3.8) is 0 Å². The van der Waals surface area contributed by atoms with Crippen LogP contribution in [0.5, 0.6) is 0 Å². The number of carbonyl (C=O) groups is 1. The largest absolute Gasteiger partial charge is 0.459 e. The van der Waals surface area contributed by atoms with Crippen LogP contribution in [0, 0.1) is 23.2 Å². The SMILES string of the molecule is COC[C@@H](C)OC(=O)[C@H](C#N)c1nc2ccccc2nc1N(CC(C)C)CC(C)C. The van der Waals surface area contributed by atoms with Crippen molar-refractivity contribution in [3.8, 4) is 6.07 Å². The first-order valence-electron chi connectivity index (χ1n) is 10.4. The maximum atomic E-state index is 12.8. The fourth-order valence-corrected chi connectivity index (χ4v) is 3.32. The van der Waals surface area contributed by atoms with E-state index in [1.165, 1.54) is 7.11 Å². The van der Waals surface area contributed by atoms with Crippen LogP contribution in [0.4, 0.5) is 5.82 Å². The maximum Gasteiger partial charge on any atom is 0.330 e. The summed E-state index contributed by atoms with van der Waals surface area (Å²) in [6, 6.07) is 9.57. The summed E-state index contributed by atoms with van der Waals surface area (Å²) >= 11 is 0. The molecule has 0 unspecified atom stereocenters. The Morgan fingerprint density at radius 1 is 1.07 bits per heavy atom. The molecule has 0 aliphatic carbocycles. The molecule has 162 valence electrons. The maximum absolute atomic E-state index is 12.8. The Hall–Kier alpha value is -2.72. The van der Waals surface area contributed by atoms with E-state index in [1.54, 1.807) is 6.92 Å². The first-order valence-corrected chi connectivity index (χ1v) is 10.4. The summed E-state index contributed by atoms with van der Waals surface area (Å²) in [4.78, 5) is 24.5.